The largest absolute Gasteiger partial charge is 0.368 e. The Balaban J connectivity index is 2.21. The van der Waals surface area contributed by atoms with Crippen molar-refractivity contribution in [2.24, 2.45) is 0 Å². The van der Waals surface area contributed by atoms with Crippen LogP contribution in [0, 0.1) is 0 Å². The molecule has 3 N–H and O–H groups in total. The highest BCUT2D eigenvalue weighted by molar-refractivity contribution is 6.31. The van der Waals surface area contributed by atoms with E-state index in [2.05, 4.69) is 15.3 Å². The van der Waals surface area contributed by atoms with E-state index in [-0.39, 0.29) is 6.04 Å². The number of halogens is 1. The minimum absolute atomic E-state index is 0.281. The lowest BCUT2D eigenvalue weighted by molar-refractivity contribution is 0.633. The molecule has 1 aromatic carbocycles. The number of nitrogen functional groups attached to an aromatic ring is 1. The zero-order valence-corrected chi connectivity index (χ0v) is 10.0. The van der Waals surface area contributed by atoms with E-state index in [0.717, 1.165) is 29.6 Å². The lowest BCUT2D eigenvalue weighted by atomic mass is 10.1. The second-order valence-corrected chi connectivity index (χ2v) is 4.71. The molecule has 1 aliphatic rings. The molecular formula is C12H13ClN4. The molecule has 4 nitrogen and oxygen atoms in total. The molecule has 2 heterocycles. The monoisotopic (exact) mass is 248 g/mol. The van der Waals surface area contributed by atoms with Gasteiger partial charge in [-0.25, -0.2) is 9.97 Å². The van der Waals surface area contributed by atoms with Crippen LogP contribution >= 0.6 is 11.6 Å². The van der Waals surface area contributed by atoms with Crippen molar-refractivity contribution >= 4 is 28.5 Å². The molecule has 1 unspecified atom stereocenters. The zero-order valence-electron chi connectivity index (χ0n) is 9.28. The SMILES string of the molecule is Nc1nc(C2CCCN2)c2ccc(Cl)cc2n1. The van der Waals surface area contributed by atoms with Crippen molar-refractivity contribution in [2.75, 3.05) is 12.3 Å². The topological polar surface area (TPSA) is 63.8 Å². The van der Waals surface area contributed by atoms with E-state index < -0.39 is 0 Å². The number of hydrogen-bond acceptors (Lipinski definition) is 4. The second kappa shape index (κ2) is 4.13. The molecule has 88 valence electrons. The Kier molecular flexibility index (Phi) is 2.61. The molecular weight excluding hydrogens is 236 g/mol. The molecule has 0 spiro atoms. The van der Waals surface area contributed by atoms with Crippen LogP contribution in [-0.2, 0) is 0 Å². The van der Waals surface area contributed by atoms with Crippen molar-refractivity contribution in [3.05, 3.63) is 28.9 Å². The Labute approximate surface area is 104 Å². The first-order valence-electron chi connectivity index (χ1n) is 5.70. The van der Waals surface area contributed by atoms with Gasteiger partial charge in [-0.1, -0.05) is 11.6 Å². The number of fused-ring (bicyclic) bond motifs is 1. The molecule has 5 heteroatoms. The molecule has 3 rings (SSSR count). The van der Waals surface area contributed by atoms with Crippen LogP contribution in [0.2, 0.25) is 5.02 Å². The Bertz CT molecular complexity index is 558. The van der Waals surface area contributed by atoms with Crippen molar-refractivity contribution in [1.29, 1.82) is 0 Å². The fourth-order valence-electron chi connectivity index (χ4n) is 2.33. The van der Waals surface area contributed by atoms with Crippen LogP contribution in [0.5, 0.6) is 0 Å². The van der Waals surface area contributed by atoms with E-state index >= 15 is 0 Å². The summed E-state index contributed by atoms with van der Waals surface area (Å²) in [5.41, 5.74) is 7.55. The standard InChI is InChI=1S/C12H13ClN4/c13-7-3-4-8-10(6-7)16-12(14)17-11(8)9-2-1-5-15-9/h3-4,6,9,15H,1-2,5H2,(H2,14,16,17). The fraction of sp³-hybridized carbons (Fsp3) is 0.333. The van der Waals surface area contributed by atoms with Gasteiger partial charge in [-0.3, -0.25) is 0 Å². The predicted molar refractivity (Wildman–Crippen MR) is 68.9 cm³/mol. The average Bonchev–Trinajstić information content (AvgIpc) is 2.80. The summed E-state index contributed by atoms with van der Waals surface area (Å²) in [6.45, 7) is 1.03. The molecule has 0 saturated carbocycles. The average molecular weight is 249 g/mol. The van der Waals surface area contributed by atoms with Gasteiger partial charge in [0, 0.05) is 10.4 Å². The number of nitrogens with zero attached hydrogens (tertiary/aromatic N) is 2. The minimum atomic E-state index is 0.281. The van der Waals surface area contributed by atoms with Crippen molar-refractivity contribution in [1.82, 2.24) is 15.3 Å². The highest BCUT2D eigenvalue weighted by Gasteiger charge is 2.20. The number of nitrogens with one attached hydrogen (secondary N) is 1. The minimum Gasteiger partial charge on any atom is -0.368 e. The molecule has 0 aliphatic carbocycles. The van der Waals surface area contributed by atoms with E-state index in [4.69, 9.17) is 17.3 Å². The van der Waals surface area contributed by atoms with Crippen molar-refractivity contribution in [2.45, 2.75) is 18.9 Å². The summed E-state index contributed by atoms with van der Waals surface area (Å²) in [6.07, 6.45) is 2.26. The third-order valence-corrected chi connectivity index (χ3v) is 3.33. The highest BCUT2D eigenvalue weighted by atomic mass is 35.5. The van der Waals surface area contributed by atoms with E-state index in [0.29, 0.717) is 11.0 Å². The van der Waals surface area contributed by atoms with Gasteiger partial charge in [0.05, 0.1) is 17.3 Å². The lowest BCUT2D eigenvalue weighted by Gasteiger charge is -2.13. The predicted octanol–water partition coefficient (Wildman–Crippen LogP) is 2.29. The van der Waals surface area contributed by atoms with Gasteiger partial charge >= 0.3 is 0 Å². The summed E-state index contributed by atoms with van der Waals surface area (Å²) in [7, 11) is 0. The number of hydrogen-bond donors (Lipinski definition) is 2. The molecule has 1 aliphatic heterocycles. The van der Waals surface area contributed by atoms with Gasteiger partial charge < -0.3 is 11.1 Å². The number of anilines is 1. The second-order valence-electron chi connectivity index (χ2n) is 4.28. The first kappa shape index (κ1) is 10.7. The van der Waals surface area contributed by atoms with E-state index in [1.54, 1.807) is 0 Å². The number of benzene rings is 1. The highest BCUT2D eigenvalue weighted by Crippen LogP contribution is 2.29. The van der Waals surface area contributed by atoms with Crippen LogP contribution in [0.15, 0.2) is 18.2 Å². The summed E-state index contributed by atoms with van der Waals surface area (Å²) in [5, 5.41) is 5.13. The van der Waals surface area contributed by atoms with Crippen LogP contribution in [-0.4, -0.2) is 16.5 Å². The molecule has 1 atom stereocenters. The summed E-state index contributed by atoms with van der Waals surface area (Å²) < 4.78 is 0. The normalized spacial score (nSPS) is 19.9. The van der Waals surface area contributed by atoms with E-state index in [9.17, 15) is 0 Å². The third-order valence-electron chi connectivity index (χ3n) is 3.10. The van der Waals surface area contributed by atoms with Crippen LogP contribution in [0.25, 0.3) is 10.9 Å². The van der Waals surface area contributed by atoms with Gasteiger partial charge in [-0.15, -0.1) is 0 Å². The summed E-state index contributed by atoms with van der Waals surface area (Å²) >= 11 is 5.97. The van der Waals surface area contributed by atoms with Gasteiger partial charge in [-0.2, -0.15) is 0 Å². The molecule has 0 amide bonds. The molecule has 0 bridgehead atoms. The third kappa shape index (κ3) is 1.94. The van der Waals surface area contributed by atoms with Crippen LogP contribution in [0.3, 0.4) is 0 Å². The van der Waals surface area contributed by atoms with Gasteiger partial charge in [-0.05, 0) is 37.6 Å². The van der Waals surface area contributed by atoms with Crippen LogP contribution in [0.4, 0.5) is 5.95 Å². The number of nitrogens with two attached hydrogens (primary N) is 1. The fourth-order valence-corrected chi connectivity index (χ4v) is 2.50. The molecule has 1 saturated heterocycles. The van der Waals surface area contributed by atoms with Crippen molar-refractivity contribution in [3.8, 4) is 0 Å². The molecule has 0 radical (unpaired) electrons. The molecule has 17 heavy (non-hydrogen) atoms. The molecule has 2 aromatic rings. The van der Waals surface area contributed by atoms with Gasteiger partial charge in [0.15, 0.2) is 0 Å². The maximum absolute atomic E-state index is 5.97. The lowest BCUT2D eigenvalue weighted by Crippen LogP contribution is -2.16. The van der Waals surface area contributed by atoms with Crippen molar-refractivity contribution in [3.63, 3.8) is 0 Å². The maximum Gasteiger partial charge on any atom is 0.220 e. The van der Waals surface area contributed by atoms with Crippen molar-refractivity contribution < 1.29 is 0 Å². The zero-order chi connectivity index (χ0) is 11.8. The maximum atomic E-state index is 5.97. The summed E-state index contributed by atoms with van der Waals surface area (Å²) in [6, 6.07) is 5.94. The Morgan fingerprint density at radius 1 is 1.35 bits per heavy atom. The Morgan fingerprint density at radius 2 is 2.24 bits per heavy atom. The molecule has 1 fully saturated rings. The quantitative estimate of drug-likeness (QED) is 0.813. The van der Waals surface area contributed by atoms with Gasteiger partial charge in [0.1, 0.15) is 0 Å². The number of rotatable bonds is 1. The smallest absolute Gasteiger partial charge is 0.220 e. The first-order valence-corrected chi connectivity index (χ1v) is 6.08. The van der Waals surface area contributed by atoms with Gasteiger partial charge in [0.25, 0.3) is 0 Å². The number of aromatic nitrogens is 2. The Morgan fingerprint density at radius 3 is 3.00 bits per heavy atom. The van der Waals surface area contributed by atoms with Crippen LogP contribution in [0.1, 0.15) is 24.6 Å². The summed E-state index contributed by atoms with van der Waals surface area (Å²) in [5.74, 6) is 0.309. The van der Waals surface area contributed by atoms with E-state index in [1.807, 2.05) is 18.2 Å². The van der Waals surface area contributed by atoms with Gasteiger partial charge in [0.2, 0.25) is 5.95 Å². The molecule has 1 aromatic heterocycles. The summed E-state index contributed by atoms with van der Waals surface area (Å²) in [4.78, 5) is 8.60. The first-order chi connectivity index (χ1) is 8.24. The van der Waals surface area contributed by atoms with Crippen LogP contribution < -0.4 is 11.1 Å². The van der Waals surface area contributed by atoms with E-state index in [1.165, 1.54) is 6.42 Å². The Hall–Kier alpha value is -1.39.